The molecule has 0 saturated carbocycles. The zero-order chi connectivity index (χ0) is 12.7. The van der Waals surface area contributed by atoms with Crippen molar-refractivity contribution in [3.05, 3.63) is 29.8 Å². The van der Waals surface area contributed by atoms with E-state index in [1.165, 1.54) is 4.90 Å². The smallest absolute Gasteiger partial charge is 0.254 e. The summed E-state index contributed by atoms with van der Waals surface area (Å²) in [6, 6.07) is 8.97. The van der Waals surface area contributed by atoms with Crippen LogP contribution in [0.2, 0.25) is 0 Å². The van der Waals surface area contributed by atoms with Gasteiger partial charge in [0, 0.05) is 12.1 Å². The van der Waals surface area contributed by atoms with E-state index in [4.69, 9.17) is 10.00 Å². The van der Waals surface area contributed by atoms with Crippen LogP contribution < -0.4 is 4.74 Å². The molecule has 0 aromatic heterocycles. The summed E-state index contributed by atoms with van der Waals surface area (Å²) in [6.45, 7) is 2.68. The summed E-state index contributed by atoms with van der Waals surface area (Å²) < 4.78 is 5.07. The molecule has 1 aromatic carbocycles. The van der Waals surface area contributed by atoms with Gasteiger partial charge >= 0.3 is 0 Å². The summed E-state index contributed by atoms with van der Waals surface area (Å²) in [5.74, 6) is 0.511. The molecule has 1 rings (SSSR count). The first-order valence-corrected chi connectivity index (χ1v) is 5.53. The van der Waals surface area contributed by atoms with Gasteiger partial charge in [0.05, 0.1) is 13.2 Å². The lowest BCUT2D eigenvalue weighted by Crippen LogP contribution is -2.32. The van der Waals surface area contributed by atoms with Crippen molar-refractivity contribution >= 4 is 5.91 Å². The number of amides is 1. The number of ether oxygens (including phenoxy) is 1. The number of methoxy groups -OCH3 is 1. The first-order valence-electron chi connectivity index (χ1n) is 5.53. The summed E-state index contributed by atoms with van der Waals surface area (Å²) >= 11 is 0. The normalized spacial score (nSPS) is 9.47. The molecule has 0 atom stereocenters. The number of carbonyl (C=O) groups excluding carboxylic acids is 1. The van der Waals surface area contributed by atoms with Gasteiger partial charge in [0.1, 0.15) is 12.3 Å². The molecule has 0 spiro atoms. The van der Waals surface area contributed by atoms with E-state index in [9.17, 15) is 4.79 Å². The average molecular weight is 232 g/mol. The number of hydrogen-bond donors (Lipinski definition) is 0. The van der Waals surface area contributed by atoms with Crippen LogP contribution in [0.1, 0.15) is 23.7 Å². The van der Waals surface area contributed by atoms with E-state index in [1.54, 1.807) is 31.4 Å². The Morgan fingerprint density at radius 1 is 1.53 bits per heavy atom. The topological polar surface area (TPSA) is 53.3 Å². The summed E-state index contributed by atoms with van der Waals surface area (Å²) in [4.78, 5) is 13.6. The molecule has 0 unspecified atom stereocenters. The maximum atomic E-state index is 12.1. The van der Waals surface area contributed by atoms with Crippen LogP contribution in [0.15, 0.2) is 24.3 Å². The van der Waals surface area contributed by atoms with Crippen molar-refractivity contribution in [1.82, 2.24) is 4.90 Å². The van der Waals surface area contributed by atoms with E-state index in [2.05, 4.69) is 0 Å². The van der Waals surface area contributed by atoms with Gasteiger partial charge < -0.3 is 9.64 Å². The molecule has 1 aromatic rings. The first-order chi connectivity index (χ1) is 8.22. The third-order valence-electron chi connectivity index (χ3n) is 2.36. The lowest BCUT2D eigenvalue weighted by atomic mass is 10.2. The van der Waals surface area contributed by atoms with Crippen LogP contribution in [-0.2, 0) is 0 Å². The van der Waals surface area contributed by atoms with Gasteiger partial charge in [-0.1, -0.05) is 13.0 Å². The van der Waals surface area contributed by atoms with Crippen LogP contribution in [0.25, 0.3) is 0 Å². The van der Waals surface area contributed by atoms with E-state index >= 15 is 0 Å². The minimum Gasteiger partial charge on any atom is -0.497 e. The molecule has 1 amide bonds. The second-order valence-corrected chi connectivity index (χ2v) is 3.62. The highest BCUT2D eigenvalue weighted by molar-refractivity contribution is 5.94. The molecule has 0 saturated heterocycles. The third-order valence-corrected chi connectivity index (χ3v) is 2.36. The standard InChI is InChI=1S/C13H16N2O2/c1-3-8-15(9-7-14)13(16)11-5-4-6-12(10-11)17-2/h4-6,10H,3,8-9H2,1-2H3. The highest BCUT2D eigenvalue weighted by Gasteiger charge is 2.14. The third kappa shape index (κ3) is 3.49. The van der Waals surface area contributed by atoms with Gasteiger partial charge in [0.25, 0.3) is 5.91 Å². The minimum atomic E-state index is -0.132. The van der Waals surface area contributed by atoms with Crippen LogP contribution in [-0.4, -0.2) is 31.0 Å². The number of nitrogens with zero attached hydrogens (tertiary/aromatic N) is 2. The molecule has 0 N–H and O–H groups in total. The average Bonchev–Trinajstić information content (AvgIpc) is 2.38. The van der Waals surface area contributed by atoms with E-state index in [0.717, 1.165) is 6.42 Å². The molecular weight excluding hydrogens is 216 g/mol. The van der Waals surface area contributed by atoms with Crippen molar-refractivity contribution in [3.8, 4) is 11.8 Å². The van der Waals surface area contributed by atoms with Gasteiger partial charge in [-0.25, -0.2) is 0 Å². The molecule has 0 fully saturated rings. The zero-order valence-corrected chi connectivity index (χ0v) is 10.1. The molecule has 0 heterocycles. The second-order valence-electron chi connectivity index (χ2n) is 3.62. The van der Waals surface area contributed by atoms with Crippen LogP contribution in [0.3, 0.4) is 0 Å². The van der Waals surface area contributed by atoms with Gasteiger partial charge in [0.15, 0.2) is 0 Å². The molecular formula is C13H16N2O2. The molecule has 0 aliphatic rings. The van der Waals surface area contributed by atoms with Crippen molar-refractivity contribution in [3.63, 3.8) is 0 Å². The fraction of sp³-hybridized carbons (Fsp3) is 0.385. The summed E-state index contributed by atoms with van der Waals surface area (Å²) in [7, 11) is 1.56. The molecule has 90 valence electrons. The van der Waals surface area contributed by atoms with Crippen molar-refractivity contribution in [1.29, 1.82) is 5.26 Å². The fourth-order valence-corrected chi connectivity index (χ4v) is 1.55. The first kappa shape index (κ1) is 13.0. The minimum absolute atomic E-state index is 0.115. The quantitative estimate of drug-likeness (QED) is 0.730. The van der Waals surface area contributed by atoms with Gasteiger partial charge in [-0.05, 0) is 24.6 Å². The van der Waals surface area contributed by atoms with Gasteiger partial charge in [-0.3, -0.25) is 4.79 Å². The molecule has 0 bridgehead atoms. The zero-order valence-electron chi connectivity index (χ0n) is 10.1. The van der Waals surface area contributed by atoms with Gasteiger partial charge in [-0.2, -0.15) is 5.26 Å². The highest BCUT2D eigenvalue weighted by atomic mass is 16.5. The van der Waals surface area contributed by atoms with Crippen molar-refractivity contribution in [2.24, 2.45) is 0 Å². The maximum absolute atomic E-state index is 12.1. The molecule has 4 heteroatoms. The van der Waals surface area contributed by atoms with E-state index in [1.807, 2.05) is 13.0 Å². The van der Waals surface area contributed by atoms with Crippen LogP contribution in [0.4, 0.5) is 0 Å². The van der Waals surface area contributed by atoms with E-state index in [-0.39, 0.29) is 12.5 Å². The number of nitriles is 1. The summed E-state index contributed by atoms with van der Waals surface area (Å²) in [5, 5.41) is 8.69. The molecule has 4 nitrogen and oxygen atoms in total. The lowest BCUT2D eigenvalue weighted by molar-refractivity contribution is 0.0776. The number of rotatable bonds is 5. The Morgan fingerprint density at radius 2 is 2.29 bits per heavy atom. The molecule has 0 aliphatic carbocycles. The molecule has 0 aliphatic heterocycles. The highest BCUT2D eigenvalue weighted by Crippen LogP contribution is 2.14. The number of hydrogen-bond acceptors (Lipinski definition) is 3. The second kappa shape index (κ2) is 6.54. The number of benzene rings is 1. The van der Waals surface area contributed by atoms with Gasteiger partial charge in [-0.15, -0.1) is 0 Å². The Balaban J connectivity index is 2.88. The summed E-state index contributed by atoms with van der Waals surface area (Å²) in [5.41, 5.74) is 0.549. The van der Waals surface area contributed by atoms with Crippen molar-refractivity contribution < 1.29 is 9.53 Å². The predicted molar refractivity (Wildman–Crippen MR) is 64.8 cm³/mol. The number of carbonyl (C=O) groups is 1. The molecule has 17 heavy (non-hydrogen) atoms. The Morgan fingerprint density at radius 3 is 2.88 bits per heavy atom. The Labute approximate surface area is 101 Å². The monoisotopic (exact) mass is 232 g/mol. The van der Waals surface area contributed by atoms with E-state index < -0.39 is 0 Å². The van der Waals surface area contributed by atoms with Crippen LogP contribution in [0, 0.1) is 11.3 Å². The molecule has 0 radical (unpaired) electrons. The fourth-order valence-electron chi connectivity index (χ4n) is 1.55. The van der Waals surface area contributed by atoms with E-state index in [0.29, 0.717) is 17.9 Å². The lowest BCUT2D eigenvalue weighted by Gasteiger charge is -2.18. The van der Waals surface area contributed by atoms with Crippen LogP contribution >= 0.6 is 0 Å². The van der Waals surface area contributed by atoms with Crippen molar-refractivity contribution in [2.45, 2.75) is 13.3 Å². The SMILES string of the molecule is CCCN(CC#N)C(=O)c1cccc(OC)c1. The maximum Gasteiger partial charge on any atom is 0.254 e. The Bertz CT molecular complexity index is 424. The Hall–Kier alpha value is -2.02. The Kier molecular flexibility index (Phi) is 5.02. The largest absolute Gasteiger partial charge is 0.497 e. The van der Waals surface area contributed by atoms with Crippen molar-refractivity contribution in [2.75, 3.05) is 20.2 Å². The summed E-state index contributed by atoms with van der Waals surface area (Å²) in [6.07, 6.45) is 0.831. The van der Waals surface area contributed by atoms with Crippen LogP contribution in [0.5, 0.6) is 5.75 Å². The van der Waals surface area contributed by atoms with Gasteiger partial charge in [0.2, 0.25) is 0 Å². The predicted octanol–water partition coefficient (Wildman–Crippen LogP) is 2.07.